The SMILES string of the molecule is C#CC(CCC)NC(CN)c1ccc(Br)cc1Cl. The summed E-state index contributed by atoms with van der Waals surface area (Å²) in [6, 6.07) is 5.81. The predicted molar refractivity (Wildman–Crippen MR) is 81.6 cm³/mol. The van der Waals surface area contributed by atoms with Gasteiger partial charge in [0.05, 0.1) is 6.04 Å². The van der Waals surface area contributed by atoms with Crippen LogP contribution in [-0.2, 0) is 0 Å². The molecule has 2 atom stereocenters. The lowest BCUT2D eigenvalue weighted by Crippen LogP contribution is -2.36. The van der Waals surface area contributed by atoms with Crippen LogP contribution in [0.1, 0.15) is 31.4 Å². The number of hydrogen-bond donors (Lipinski definition) is 2. The van der Waals surface area contributed by atoms with Gasteiger partial charge in [0.25, 0.3) is 0 Å². The van der Waals surface area contributed by atoms with Gasteiger partial charge in [0, 0.05) is 22.1 Å². The third kappa shape index (κ3) is 4.29. The van der Waals surface area contributed by atoms with Crippen LogP contribution in [0.5, 0.6) is 0 Å². The lowest BCUT2D eigenvalue weighted by molar-refractivity contribution is 0.475. The molecule has 0 saturated heterocycles. The van der Waals surface area contributed by atoms with Crippen LogP contribution >= 0.6 is 27.5 Å². The zero-order chi connectivity index (χ0) is 13.5. The molecule has 0 aromatic heterocycles. The van der Waals surface area contributed by atoms with Crippen molar-refractivity contribution >= 4 is 27.5 Å². The van der Waals surface area contributed by atoms with E-state index in [0.29, 0.717) is 11.6 Å². The van der Waals surface area contributed by atoms with Crippen molar-refractivity contribution in [3.8, 4) is 12.3 Å². The lowest BCUT2D eigenvalue weighted by Gasteiger charge is -2.22. The van der Waals surface area contributed by atoms with Crippen LogP contribution in [-0.4, -0.2) is 12.6 Å². The summed E-state index contributed by atoms with van der Waals surface area (Å²) in [5, 5.41) is 4.06. The van der Waals surface area contributed by atoms with E-state index in [9.17, 15) is 0 Å². The van der Waals surface area contributed by atoms with E-state index in [1.54, 1.807) is 0 Å². The van der Waals surface area contributed by atoms with Crippen LogP contribution in [0.2, 0.25) is 5.02 Å². The summed E-state index contributed by atoms with van der Waals surface area (Å²) >= 11 is 9.62. The molecule has 0 amide bonds. The first-order valence-electron chi connectivity index (χ1n) is 5.99. The molecule has 98 valence electrons. The molecule has 18 heavy (non-hydrogen) atoms. The fraction of sp³-hybridized carbons (Fsp3) is 0.429. The molecule has 0 radical (unpaired) electrons. The average Bonchev–Trinajstić information content (AvgIpc) is 2.35. The molecule has 0 bridgehead atoms. The van der Waals surface area contributed by atoms with Crippen LogP contribution in [0.15, 0.2) is 22.7 Å². The molecule has 1 aromatic carbocycles. The second-order valence-electron chi connectivity index (χ2n) is 4.13. The van der Waals surface area contributed by atoms with Gasteiger partial charge in [-0.05, 0) is 24.1 Å². The van der Waals surface area contributed by atoms with Crippen LogP contribution in [0.25, 0.3) is 0 Å². The Morgan fingerprint density at radius 3 is 2.78 bits per heavy atom. The average molecular weight is 330 g/mol. The van der Waals surface area contributed by atoms with E-state index in [4.69, 9.17) is 23.8 Å². The van der Waals surface area contributed by atoms with Gasteiger partial charge in [0.15, 0.2) is 0 Å². The maximum atomic E-state index is 6.23. The molecule has 2 unspecified atom stereocenters. The largest absolute Gasteiger partial charge is 0.329 e. The fourth-order valence-electron chi connectivity index (χ4n) is 1.82. The summed E-state index contributed by atoms with van der Waals surface area (Å²) in [5.41, 5.74) is 6.79. The zero-order valence-electron chi connectivity index (χ0n) is 10.4. The number of nitrogens with one attached hydrogen (secondary N) is 1. The Hall–Kier alpha value is -0.530. The minimum atomic E-state index is -0.0156. The van der Waals surface area contributed by atoms with E-state index in [2.05, 4.69) is 34.1 Å². The first-order valence-corrected chi connectivity index (χ1v) is 7.16. The van der Waals surface area contributed by atoms with Gasteiger partial charge < -0.3 is 5.73 Å². The summed E-state index contributed by atoms with van der Waals surface area (Å²) in [4.78, 5) is 0. The van der Waals surface area contributed by atoms with Gasteiger partial charge >= 0.3 is 0 Å². The Labute approximate surface area is 122 Å². The molecule has 0 aliphatic carbocycles. The van der Waals surface area contributed by atoms with Crippen molar-refractivity contribution in [1.82, 2.24) is 5.32 Å². The number of halogens is 2. The van der Waals surface area contributed by atoms with E-state index >= 15 is 0 Å². The van der Waals surface area contributed by atoms with Crippen molar-refractivity contribution in [2.24, 2.45) is 5.73 Å². The minimum Gasteiger partial charge on any atom is -0.329 e. The van der Waals surface area contributed by atoms with Gasteiger partial charge in [-0.1, -0.05) is 52.9 Å². The highest BCUT2D eigenvalue weighted by atomic mass is 79.9. The molecular formula is C14H18BrClN2. The molecule has 1 aromatic rings. The van der Waals surface area contributed by atoms with Crippen molar-refractivity contribution in [1.29, 1.82) is 0 Å². The van der Waals surface area contributed by atoms with Crippen molar-refractivity contribution in [3.63, 3.8) is 0 Å². The van der Waals surface area contributed by atoms with E-state index in [1.165, 1.54) is 0 Å². The predicted octanol–water partition coefficient (Wildman–Crippen LogP) is 3.49. The Bertz CT molecular complexity index is 428. The van der Waals surface area contributed by atoms with Crippen LogP contribution in [0.3, 0.4) is 0 Å². The van der Waals surface area contributed by atoms with Gasteiger partial charge in [0.1, 0.15) is 0 Å². The van der Waals surface area contributed by atoms with Crippen molar-refractivity contribution in [3.05, 3.63) is 33.3 Å². The molecule has 3 N–H and O–H groups in total. The maximum Gasteiger partial charge on any atom is 0.0692 e. The van der Waals surface area contributed by atoms with Gasteiger partial charge in [0.2, 0.25) is 0 Å². The monoisotopic (exact) mass is 328 g/mol. The zero-order valence-corrected chi connectivity index (χ0v) is 12.8. The molecule has 0 spiro atoms. The van der Waals surface area contributed by atoms with Crippen LogP contribution < -0.4 is 11.1 Å². The van der Waals surface area contributed by atoms with E-state index in [0.717, 1.165) is 22.9 Å². The molecule has 2 nitrogen and oxygen atoms in total. The van der Waals surface area contributed by atoms with Crippen molar-refractivity contribution < 1.29 is 0 Å². The van der Waals surface area contributed by atoms with Gasteiger partial charge in [-0.2, -0.15) is 0 Å². The second kappa shape index (κ2) is 7.81. The van der Waals surface area contributed by atoms with Gasteiger partial charge in [-0.3, -0.25) is 5.32 Å². The summed E-state index contributed by atoms with van der Waals surface area (Å²) in [7, 11) is 0. The smallest absolute Gasteiger partial charge is 0.0692 e. The Morgan fingerprint density at radius 2 is 2.28 bits per heavy atom. The normalized spacial score (nSPS) is 13.9. The maximum absolute atomic E-state index is 6.23. The summed E-state index contributed by atoms with van der Waals surface area (Å²) in [6.45, 7) is 2.57. The molecular weight excluding hydrogens is 312 g/mol. The Kier molecular flexibility index (Phi) is 6.73. The summed E-state index contributed by atoms with van der Waals surface area (Å²) in [6.07, 6.45) is 7.47. The Balaban J connectivity index is 2.86. The van der Waals surface area contributed by atoms with E-state index in [1.807, 2.05) is 18.2 Å². The molecule has 4 heteroatoms. The van der Waals surface area contributed by atoms with Crippen LogP contribution in [0, 0.1) is 12.3 Å². The highest BCUT2D eigenvalue weighted by Gasteiger charge is 2.16. The molecule has 0 fully saturated rings. The first kappa shape index (κ1) is 15.5. The summed E-state index contributed by atoms with van der Waals surface area (Å²) in [5.74, 6) is 2.75. The quantitative estimate of drug-likeness (QED) is 0.784. The molecule has 1 rings (SSSR count). The highest BCUT2D eigenvalue weighted by molar-refractivity contribution is 9.10. The number of rotatable bonds is 6. The molecule has 0 heterocycles. The first-order chi connectivity index (χ1) is 8.62. The van der Waals surface area contributed by atoms with Crippen molar-refractivity contribution in [2.45, 2.75) is 31.8 Å². The lowest BCUT2D eigenvalue weighted by atomic mass is 10.0. The number of nitrogens with two attached hydrogens (primary N) is 1. The third-order valence-electron chi connectivity index (χ3n) is 2.75. The molecule has 0 aliphatic heterocycles. The Morgan fingerprint density at radius 1 is 1.56 bits per heavy atom. The number of terminal acetylenes is 1. The van der Waals surface area contributed by atoms with Crippen LogP contribution in [0.4, 0.5) is 0 Å². The topological polar surface area (TPSA) is 38.0 Å². The van der Waals surface area contributed by atoms with E-state index in [-0.39, 0.29) is 12.1 Å². The van der Waals surface area contributed by atoms with E-state index < -0.39 is 0 Å². The second-order valence-corrected chi connectivity index (χ2v) is 5.45. The minimum absolute atomic E-state index is 0.0156. The fourth-order valence-corrected chi connectivity index (χ4v) is 2.62. The standard InChI is InChI=1S/C14H18BrClN2/c1-3-5-11(4-2)18-14(9-17)12-7-6-10(15)8-13(12)16/h2,6-8,11,14,18H,3,5,9,17H2,1H3. The number of benzene rings is 1. The summed E-state index contributed by atoms with van der Waals surface area (Å²) < 4.78 is 0.953. The highest BCUT2D eigenvalue weighted by Crippen LogP contribution is 2.26. The number of hydrogen-bond acceptors (Lipinski definition) is 2. The molecule has 0 saturated carbocycles. The molecule has 0 aliphatic rings. The third-order valence-corrected chi connectivity index (χ3v) is 3.58. The van der Waals surface area contributed by atoms with Gasteiger partial charge in [-0.15, -0.1) is 6.42 Å². The van der Waals surface area contributed by atoms with Gasteiger partial charge in [-0.25, -0.2) is 0 Å². The van der Waals surface area contributed by atoms with Crippen molar-refractivity contribution in [2.75, 3.05) is 6.54 Å².